The zero-order chi connectivity index (χ0) is 17.2. The molecule has 6 nitrogen and oxygen atoms in total. The molecule has 0 saturated carbocycles. The Kier molecular flexibility index (Phi) is 8.83. The van der Waals surface area contributed by atoms with Gasteiger partial charge in [-0.25, -0.2) is 8.93 Å². The Morgan fingerprint density at radius 2 is 1.87 bits per heavy atom. The highest BCUT2D eigenvalue weighted by Crippen LogP contribution is 2.24. The third kappa shape index (κ3) is 6.68. The Balaban J connectivity index is 2.64. The van der Waals surface area contributed by atoms with Crippen LogP contribution in [0.15, 0.2) is 17.0 Å². The lowest BCUT2D eigenvalue weighted by molar-refractivity contribution is -0.142. The van der Waals surface area contributed by atoms with E-state index in [9.17, 15) is 9.00 Å². The molecule has 0 aromatic heterocycles. The molecule has 0 radical (unpaired) electrons. The molecule has 0 aliphatic heterocycles. The number of rotatable bonds is 10. The summed E-state index contributed by atoms with van der Waals surface area (Å²) in [6.07, 6.45) is 0.190. The van der Waals surface area contributed by atoms with Gasteiger partial charge in [0.2, 0.25) is 0 Å². The number of hydrogen-bond donors (Lipinski definition) is 1. The number of methoxy groups -OCH3 is 1. The lowest BCUT2D eigenvalue weighted by Crippen LogP contribution is -2.23. The van der Waals surface area contributed by atoms with Gasteiger partial charge in [-0.15, -0.1) is 0 Å². The van der Waals surface area contributed by atoms with E-state index in [-0.39, 0.29) is 12.4 Å². The third-order valence-electron chi connectivity index (χ3n) is 3.04. The molecule has 0 fully saturated rings. The summed E-state index contributed by atoms with van der Waals surface area (Å²) in [6.45, 7) is 7.16. The SMILES string of the molecule is CCOC(=O)CCNS(=O)c1c(C)cc(OCCOC)cc1C. The summed E-state index contributed by atoms with van der Waals surface area (Å²) in [6, 6.07) is 3.70. The van der Waals surface area contributed by atoms with Crippen LogP contribution < -0.4 is 9.46 Å². The van der Waals surface area contributed by atoms with Crippen LogP contribution in [0.5, 0.6) is 5.75 Å². The minimum absolute atomic E-state index is 0.190. The topological polar surface area (TPSA) is 73.9 Å². The fourth-order valence-electron chi connectivity index (χ4n) is 2.08. The standard InChI is InChI=1S/C16H25NO5S/c1-5-21-15(18)6-7-17-23(19)16-12(2)10-14(11-13(16)3)22-9-8-20-4/h10-11,17H,5-9H2,1-4H3. The molecule has 1 aromatic rings. The number of carbonyl (C=O) groups is 1. The number of hydrogen-bond acceptors (Lipinski definition) is 5. The number of esters is 1. The predicted octanol–water partition coefficient (Wildman–Crippen LogP) is 1.89. The first-order valence-corrected chi connectivity index (χ1v) is 8.68. The van der Waals surface area contributed by atoms with Crippen molar-refractivity contribution < 1.29 is 23.2 Å². The summed E-state index contributed by atoms with van der Waals surface area (Å²) < 4.78 is 30.6. The van der Waals surface area contributed by atoms with E-state index in [1.807, 2.05) is 26.0 Å². The van der Waals surface area contributed by atoms with Gasteiger partial charge in [-0.05, 0) is 44.0 Å². The summed E-state index contributed by atoms with van der Waals surface area (Å²) >= 11 is 0. The molecule has 0 saturated heterocycles. The Bertz CT molecular complexity index is 524. The molecule has 0 heterocycles. The van der Waals surface area contributed by atoms with Gasteiger partial charge in [-0.3, -0.25) is 4.79 Å². The van der Waals surface area contributed by atoms with E-state index in [4.69, 9.17) is 14.2 Å². The molecule has 1 aromatic carbocycles. The molecule has 1 unspecified atom stereocenters. The smallest absolute Gasteiger partial charge is 0.307 e. The van der Waals surface area contributed by atoms with Crippen molar-refractivity contribution in [3.8, 4) is 5.75 Å². The lowest BCUT2D eigenvalue weighted by Gasteiger charge is -2.13. The first-order chi connectivity index (χ1) is 11.0. The molecule has 23 heavy (non-hydrogen) atoms. The van der Waals surface area contributed by atoms with Crippen LogP contribution in [0.25, 0.3) is 0 Å². The summed E-state index contributed by atoms with van der Waals surface area (Å²) in [5, 5.41) is 0. The van der Waals surface area contributed by atoms with Crippen LogP contribution in [-0.4, -0.2) is 43.7 Å². The minimum atomic E-state index is -1.38. The molecular weight excluding hydrogens is 318 g/mol. The van der Waals surface area contributed by atoms with E-state index in [1.165, 1.54) is 0 Å². The molecule has 0 bridgehead atoms. The predicted molar refractivity (Wildman–Crippen MR) is 88.9 cm³/mol. The molecule has 0 amide bonds. The van der Waals surface area contributed by atoms with Gasteiger partial charge in [-0.2, -0.15) is 0 Å². The van der Waals surface area contributed by atoms with Crippen molar-refractivity contribution in [1.29, 1.82) is 0 Å². The van der Waals surface area contributed by atoms with Gasteiger partial charge in [0, 0.05) is 13.7 Å². The zero-order valence-corrected chi connectivity index (χ0v) is 15.0. The second kappa shape index (κ2) is 10.4. The molecule has 0 aliphatic carbocycles. The van der Waals surface area contributed by atoms with Crippen LogP contribution >= 0.6 is 0 Å². The van der Waals surface area contributed by atoms with E-state index in [1.54, 1.807) is 14.0 Å². The highest BCUT2D eigenvalue weighted by Gasteiger charge is 2.13. The molecule has 1 rings (SSSR count). The van der Waals surface area contributed by atoms with Crippen LogP contribution in [0.4, 0.5) is 0 Å². The van der Waals surface area contributed by atoms with Crippen LogP contribution in [0, 0.1) is 13.8 Å². The average Bonchev–Trinajstić information content (AvgIpc) is 2.47. The number of benzene rings is 1. The maximum absolute atomic E-state index is 12.4. The molecule has 7 heteroatoms. The van der Waals surface area contributed by atoms with Crippen molar-refractivity contribution in [3.63, 3.8) is 0 Å². The quantitative estimate of drug-likeness (QED) is 0.519. The maximum atomic E-state index is 12.4. The highest BCUT2D eigenvalue weighted by atomic mass is 32.2. The van der Waals surface area contributed by atoms with Gasteiger partial charge >= 0.3 is 5.97 Å². The van der Waals surface area contributed by atoms with Crippen molar-refractivity contribution in [2.24, 2.45) is 0 Å². The van der Waals surface area contributed by atoms with Crippen molar-refractivity contribution >= 4 is 17.0 Å². The molecule has 1 atom stereocenters. The highest BCUT2D eigenvalue weighted by molar-refractivity contribution is 7.83. The van der Waals surface area contributed by atoms with Crippen LogP contribution in [0.1, 0.15) is 24.5 Å². The second-order valence-corrected chi connectivity index (χ2v) is 6.18. The summed E-state index contributed by atoms with van der Waals surface area (Å²) in [5.74, 6) is 0.427. The number of ether oxygens (including phenoxy) is 3. The second-order valence-electron chi connectivity index (χ2n) is 4.95. The van der Waals surface area contributed by atoms with Gasteiger partial charge in [0.15, 0.2) is 0 Å². The van der Waals surface area contributed by atoms with Crippen LogP contribution in [0.3, 0.4) is 0 Å². The van der Waals surface area contributed by atoms with Crippen molar-refractivity contribution in [3.05, 3.63) is 23.3 Å². The van der Waals surface area contributed by atoms with Gasteiger partial charge in [-0.1, -0.05) is 0 Å². The van der Waals surface area contributed by atoms with Crippen molar-refractivity contribution in [2.45, 2.75) is 32.1 Å². The molecule has 0 aliphatic rings. The van der Waals surface area contributed by atoms with Gasteiger partial charge < -0.3 is 14.2 Å². The van der Waals surface area contributed by atoms with E-state index in [2.05, 4.69) is 4.72 Å². The minimum Gasteiger partial charge on any atom is -0.491 e. The molecular formula is C16H25NO5S. The average molecular weight is 343 g/mol. The first kappa shape index (κ1) is 19.6. The van der Waals surface area contributed by atoms with Crippen molar-refractivity contribution in [1.82, 2.24) is 4.72 Å². The lowest BCUT2D eigenvalue weighted by atomic mass is 10.1. The Morgan fingerprint density at radius 3 is 2.43 bits per heavy atom. The first-order valence-electron chi connectivity index (χ1n) is 7.53. The summed E-state index contributed by atoms with van der Waals surface area (Å²) in [5.41, 5.74) is 1.75. The van der Waals surface area contributed by atoms with Gasteiger partial charge in [0.25, 0.3) is 0 Å². The van der Waals surface area contributed by atoms with Crippen LogP contribution in [0.2, 0.25) is 0 Å². The largest absolute Gasteiger partial charge is 0.491 e. The van der Waals surface area contributed by atoms with E-state index >= 15 is 0 Å². The monoisotopic (exact) mass is 343 g/mol. The molecule has 130 valence electrons. The third-order valence-corrected chi connectivity index (χ3v) is 4.52. The Morgan fingerprint density at radius 1 is 1.22 bits per heavy atom. The number of nitrogens with one attached hydrogen (secondary N) is 1. The normalized spacial score (nSPS) is 12.0. The maximum Gasteiger partial charge on any atom is 0.307 e. The fourth-order valence-corrected chi connectivity index (χ4v) is 3.21. The van der Waals surface area contributed by atoms with E-state index in [0.717, 1.165) is 16.9 Å². The van der Waals surface area contributed by atoms with Crippen molar-refractivity contribution in [2.75, 3.05) is 33.5 Å². The van der Waals surface area contributed by atoms with Gasteiger partial charge in [0.05, 0.1) is 24.5 Å². The summed E-state index contributed by atoms with van der Waals surface area (Å²) in [7, 11) is 0.239. The van der Waals surface area contributed by atoms with E-state index in [0.29, 0.717) is 31.3 Å². The molecule has 0 spiro atoms. The van der Waals surface area contributed by atoms with Gasteiger partial charge in [0.1, 0.15) is 23.3 Å². The number of carbonyl (C=O) groups excluding carboxylic acids is 1. The molecule has 1 N–H and O–H groups in total. The van der Waals surface area contributed by atoms with E-state index < -0.39 is 11.0 Å². The number of aryl methyl sites for hydroxylation is 2. The van der Waals surface area contributed by atoms with Crippen LogP contribution in [-0.2, 0) is 25.3 Å². The fraction of sp³-hybridized carbons (Fsp3) is 0.562. The summed E-state index contributed by atoms with van der Waals surface area (Å²) in [4.78, 5) is 12.0. The Labute approximate surface area is 140 Å². The Hall–Kier alpha value is -1.44. The zero-order valence-electron chi connectivity index (χ0n) is 14.1.